The van der Waals surface area contributed by atoms with E-state index in [1.54, 1.807) is 54.6 Å². The lowest BCUT2D eigenvalue weighted by Gasteiger charge is -2.07. The van der Waals surface area contributed by atoms with Gasteiger partial charge in [0.15, 0.2) is 9.84 Å². The van der Waals surface area contributed by atoms with Gasteiger partial charge in [0.25, 0.3) is 5.91 Å². The molecular weight excluding hydrogens is 418 g/mol. The molecule has 0 aliphatic rings. The second-order valence-electron chi connectivity index (χ2n) is 6.47. The Morgan fingerprint density at radius 2 is 1.55 bits per heavy atom. The normalized spacial score (nSPS) is 11.1. The molecule has 0 saturated heterocycles. The van der Waals surface area contributed by atoms with E-state index in [2.05, 4.69) is 15.5 Å². The van der Waals surface area contributed by atoms with E-state index < -0.39 is 21.5 Å². The van der Waals surface area contributed by atoms with Crippen LogP contribution in [0, 0.1) is 0 Å². The smallest absolute Gasteiger partial charge is 0.322 e. The number of hydrogen-bond donors (Lipinski definition) is 1. The summed E-state index contributed by atoms with van der Waals surface area (Å²) < 4.78 is 35.8. The molecule has 9 heteroatoms. The van der Waals surface area contributed by atoms with Crippen LogP contribution in [0.3, 0.4) is 0 Å². The van der Waals surface area contributed by atoms with E-state index >= 15 is 0 Å². The van der Waals surface area contributed by atoms with Crippen molar-refractivity contribution in [1.29, 1.82) is 0 Å². The van der Waals surface area contributed by atoms with Gasteiger partial charge in [-0.05, 0) is 42.5 Å². The predicted octanol–water partition coefficient (Wildman–Crippen LogP) is 4.09. The van der Waals surface area contributed by atoms with E-state index in [-0.39, 0.29) is 16.8 Å². The maximum atomic E-state index is 12.5. The van der Waals surface area contributed by atoms with Crippen molar-refractivity contribution < 1.29 is 22.4 Å². The number of benzene rings is 3. The van der Waals surface area contributed by atoms with E-state index in [9.17, 15) is 13.2 Å². The molecule has 0 unspecified atom stereocenters. The summed E-state index contributed by atoms with van der Waals surface area (Å²) in [5, 5.41) is 9.88. The first-order valence-electron chi connectivity index (χ1n) is 9.24. The molecule has 3 aromatic carbocycles. The molecule has 4 aromatic rings. The maximum Gasteiger partial charge on any atom is 0.322 e. The van der Waals surface area contributed by atoms with Crippen LogP contribution in [0.15, 0.2) is 94.2 Å². The molecule has 8 nitrogen and oxygen atoms in total. The average Bonchev–Trinajstić information content (AvgIpc) is 3.21. The van der Waals surface area contributed by atoms with Gasteiger partial charge < -0.3 is 9.15 Å². The zero-order valence-electron chi connectivity index (χ0n) is 16.1. The highest BCUT2D eigenvalue weighted by Gasteiger charge is 2.20. The van der Waals surface area contributed by atoms with Gasteiger partial charge in [0, 0.05) is 5.56 Å². The molecule has 1 N–H and O–H groups in total. The van der Waals surface area contributed by atoms with Crippen LogP contribution < -0.4 is 10.1 Å². The van der Waals surface area contributed by atoms with Gasteiger partial charge in [-0.2, -0.15) is 0 Å². The fourth-order valence-corrected chi connectivity index (χ4v) is 3.91. The molecule has 0 fully saturated rings. The number of aromatic nitrogens is 2. The fourth-order valence-electron chi connectivity index (χ4n) is 2.73. The Morgan fingerprint density at radius 1 is 0.871 bits per heavy atom. The Hall–Kier alpha value is -3.98. The van der Waals surface area contributed by atoms with Crippen LogP contribution in [-0.2, 0) is 15.6 Å². The highest BCUT2D eigenvalue weighted by molar-refractivity contribution is 7.90. The topological polar surface area (TPSA) is 111 Å². The number of hydrogen-bond acceptors (Lipinski definition) is 7. The number of carbonyl (C=O) groups excluding carboxylic acids is 1. The van der Waals surface area contributed by atoms with Gasteiger partial charge in [-0.1, -0.05) is 47.6 Å². The average molecular weight is 435 g/mol. The summed E-state index contributed by atoms with van der Waals surface area (Å²) in [4.78, 5) is 12.7. The van der Waals surface area contributed by atoms with Crippen LogP contribution >= 0.6 is 0 Å². The zero-order valence-corrected chi connectivity index (χ0v) is 17.0. The van der Waals surface area contributed by atoms with Crippen LogP contribution in [0.5, 0.6) is 11.5 Å². The molecule has 0 aliphatic carbocycles. The van der Waals surface area contributed by atoms with Crippen LogP contribution in [0.25, 0.3) is 0 Å². The van der Waals surface area contributed by atoms with E-state index in [1.165, 1.54) is 12.1 Å². The van der Waals surface area contributed by atoms with E-state index in [0.717, 1.165) is 0 Å². The van der Waals surface area contributed by atoms with Crippen LogP contribution in [0.4, 0.5) is 6.01 Å². The Kier molecular flexibility index (Phi) is 5.76. The van der Waals surface area contributed by atoms with Crippen molar-refractivity contribution in [3.05, 3.63) is 96.4 Å². The monoisotopic (exact) mass is 435 g/mol. The molecule has 1 amide bonds. The molecule has 0 saturated carbocycles. The molecule has 0 radical (unpaired) electrons. The minimum Gasteiger partial charge on any atom is -0.457 e. The minimum atomic E-state index is -3.64. The molecule has 0 atom stereocenters. The van der Waals surface area contributed by atoms with Crippen molar-refractivity contribution in [2.45, 2.75) is 10.6 Å². The minimum absolute atomic E-state index is 0.125. The number of sulfone groups is 1. The summed E-state index contributed by atoms with van der Waals surface area (Å²) in [5.41, 5.74) is 0.310. The SMILES string of the molecule is O=C(Nc1nnc(CS(=O)(=O)c2ccccc2)o1)c1cccc(Oc2ccccc2)c1. The largest absolute Gasteiger partial charge is 0.457 e. The molecule has 0 bridgehead atoms. The van der Waals surface area contributed by atoms with Crippen molar-refractivity contribution in [3.63, 3.8) is 0 Å². The molecule has 1 aromatic heterocycles. The lowest BCUT2D eigenvalue weighted by molar-refractivity contribution is 0.102. The van der Waals surface area contributed by atoms with Gasteiger partial charge in [-0.25, -0.2) is 8.42 Å². The molecule has 0 aliphatic heterocycles. The molecular formula is C22H17N3O5S. The number of anilines is 1. The third-order valence-corrected chi connectivity index (χ3v) is 5.80. The lowest BCUT2D eigenvalue weighted by Crippen LogP contribution is -2.12. The molecule has 4 rings (SSSR count). The first-order valence-corrected chi connectivity index (χ1v) is 10.9. The zero-order chi connectivity index (χ0) is 21.7. The van der Waals surface area contributed by atoms with Gasteiger partial charge >= 0.3 is 6.01 Å². The summed E-state index contributed by atoms with van der Waals surface area (Å²) in [7, 11) is -3.64. The molecule has 0 spiro atoms. The standard InChI is InChI=1S/C22H17N3O5S/c26-21(16-8-7-11-18(14-16)29-17-9-3-1-4-10-17)23-22-25-24-20(30-22)15-31(27,28)19-12-5-2-6-13-19/h1-14H,15H2,(H,23,25,26). The van der Waals surface area contributed by atoms with E-state index in [1.807, 2.05) is 18.2 Å². The Bertz CT molecular complexity index is 1290. The summed E-state index contributed by atoms with van der Waals surface area (Å²) in [5.74, 6) is 0.0282. The number of nitrogens with zero attached hydrogens (tertiary/aromatic N) is 2. The van der Waals surface area contributed by atoms with Gasteiger partial charge in [-0.15, -0.1) is 5.10 Å². The fraction of sp³-hybridized carbons (Fsp3) is 0.0455. The Labute approximate surface area is 178 Å². The summed E-state index contributed by atoms with van der Waals surface area (Å²) in [6.07, 6.45) is 0. The van der Waals surface area contributed by atoms with Crippen LogP contribution in [0.1, 0.15) is 16.2 Å². The number of nitrogens with one attached hydrogen (secondary N) is 1. The van der Waals surface area contributed by atoms with Gasteiger partial charge in [0.2, 0.25) is 5.89 Å². The summed E-state index contributed by atoms with van der Waals surface area (Å²) >= 11 is 0. The first kappa shape index (κ1) is 20.3. The molecule has 31 heavy (non-hydrogen) atoms. The Morgan fingerprint density at radius 3 is 2.29 bits per heavy atom. The quantitative estimate of drug-likeness (QED) is 0.465. The second-order valence-corrected chi connectivity index (χ2v) is 8.46. The summed E-state index contributed by atoms with van der Waals surface area (Å²) in [6, 6.07) is 23.5. The third kappa shape index (κ3) is 5.14. The van der Waals surface area contributed by atoms with Crippen molar-refractivity contribution >= 4 is 21.8 Å². The third-order valence-electron chi connectivity index (χ3n) is 4.18. The van der Waals surface area contributed by atoms with Crippen molar-refractivity contribution in [1.82, 2.24) is 10.2 Å². The maximum absolute atomic E-state index is 12.5. The number of para-hydroxylation sites is 1. The van der Waals surface area contributed by atoms with E-state index in [4.69, 9.17) is 9.15 Å². The predicted molar refractivity (Wildman–Crippen MR) is 113 cm³/mol. The molecule has 1 heterocycles. The van der Waals surface area contributed by atoms with Crippen molar-refractivity contribution in [2.24, 2.45) is 0 Å². The molecule has 156 valence electrons. The number of ether oxygens (including phenoxy) is 1. The van der Waals surface area contributed by atoms with Gasteiger partial charge in [0.05, 0.1) is 4.90 Å². The number of rotatable bonds is 7. The first-order chi connectivity index (χ1) is 15.0. The van der Waals surface area contributed by atoms with Gasteiger partial charge in [0.1, 0.15) is 17.3 Å². The van der Waals surface area contributed by atoms with Crippen LogP contribution in [-0.4, -0.2) is 24.5 Å². The highest BCUT2D eigenvalue weighted by Crippen LogP contribution is 2.22. The van der Waals surface area contributed by atoms with Crippen molar-refractivity contribution in [3.8, 4) is 11.5 Å². The second kappa shape index (κ2) is 8.80. The Balaban J connectivity index is 1.43. The van der Waals surface area contributed by atoms with Gasteiger partial charge in [-0.3, -0.25) is 10.1 Å². The number of carbonyl (C=O) groups is 1. The van der Waals surface area contributed by atoms with Crippen LogP contribution in [0.2, 0.25) is 0 Å². The lowest BCUT2D eigenvalue weighted by atomic mass is 10.2. The van der Waals surface area contributed by atoms with Crippen molar-refractivity contribution in [2.75, 3.05) is 5.32 Å². The highest BCUT2D eigenvalue weighted by atomic mass is 32.2. The van der Waals surface area contributed by atoms with E-state index in [0.29, 0.717) is 17.1 Å². The number of amides is 1. The summed E-state index contributed by atoms with van der Waals surface area (Å²) in [6.45, 7) is 0.